The van der Waals surface area contributed by atoms with Gasteiger partial charge in [-0.15, -0.1) is 5.10 Å². The van der Waals surface area contributed by atoms with E-state index in [4.69, 9.17) is 10.5 Å². The fourth-order valence-electron chi connectivity index (χ4n) is 2.54. The van der Waals surface area contributed by atoms with Gasteiger partial charge in [0.05, 0.1) is 6.20 Å². The van der Waals surface area contributed by atoms with Crippen LogP contribution in [0.4, 0.5) is 0 Å². The van der Waals surface area contributed by atoms with E-state index in [9.17, 15) is 0 Å². The van der Waals surface area contributed by atoms with Gasteiger partial charge in [-0.05, 0) is 42.5 Å². The zero-order chi connectivity index (χ0) is 13.2. The zero-order valence-corrected chi connectivity index (χ0v) is 11.0. The van der Waals surface area contributed by atoms with E-state index < -0.39 is 0 Å². The van der Waals surface area contributed by atoms with Gasteiger partial charge in [0.25, 0.3) is 0 Å². The number of fused-ring (bicyclic) bond motifs is 1. The predicted molar refractivity (Wildman–Crippen MR) is 71.6 cm³/mol. The van der Waals surface area contributed by atoms with Crippen LogP contribution in [0.2, 0.25) is 0 Å². The molecule has 2 N–H and O–H groups in total. The first-order valence-electron chi connectivity index (χ1n) is 6.59. The second-order valence-corrected chi connectivity index (χ2v) is 5.03. The molecule has 3 rings (SSSR count). The number of hydrogen-bond donors (Lipinski definition) is 1. The molecule has 5 heteroatoms. The highest BCUT2D eigenvalue weighted by Crippen LogP contribution is 2.30. The van der Waals surface area contributed by atoms with Crippen molar-refractivity contribution >= 4 is 0 Å². The Morgan fingerprint density at radius 2 is 2.37 bits per heavy atom. The van der Waals surface area contributed by atoms with Crippen molar-refractivity contribution in [3.05, 3.63) is 41.2 Å². The molecule has 0 saturated carbocycles. The van der Waals surface area contributed by atoms with Gasteiger partial charge in [0.1, 0.15) is 18.1 Å². The second kappa shape index (κ2) is 5.01. The van der Waals surface area contributed by atoms with Crippen LogP contribution in [0.25, 0.3) is 0 Å². The van der Waals surface area contributed by atoms with E-state index in [1.807, 2.05) is 19.3 Å². The third-order valence-electron chi connectivity index (χ3n) is 3.51. The summed E-state index contributed by atoms with van der Waals surface area (Å²) >= 11 is 0. The van der Waals surface area contributed by atoms with E-state index in [-0.39, 0.29) is 6.04 Å². The monoisotopic (exact) mass is 258 g/mol. The van der Waals surface area contributed by atoms with Gasteiger partial charge in [-0.1, -0.05) is 11.3 Å². The quantitative estimate of drug-likeness (QED) is 0.910. The molecule has 5 nitrogen and oxygen atoms in total. The molecule has 0 saturated heterocycles. The fourth-order valence-corrected chi connectivity index (χ4v) is 2.54. The molecule has 100 valence electrons. The molecule has 1 atom stereocenters. The van der Waals surface area contributed by atoms with Crippen LogP contribution in [0.3, 0.4) is 0 Å². The van der Waals surface area contributed by atoms with Gasteiger partial charge in [0, 0.05) is 13.1 Å². The van der Waals surface area contributed by atoms with E-state index in [0.29, 0.717) is 6.61 Å². The highest BCUT2D eigenvalue weighted by molar-refractivity contribution is 5.38. The van der Waals surface area contributed by atoms with Gasteiger partial charge < -0.3 is 10.5 Å². The molecule has 2 aromatic rings. The Morgan fingerprint density at radius 3 is 3.16 bits per heavy atom. The Bertz CT molecular complexity index is 579. The first-order valence-corrected chi connectivity index (χ1v) is 6.59. The van der Waals surface area contributed by atoms with Gasteiger partial charge in [-0.3, -0.25) is 4.68 Å². The van der Waals surface area contributed by atoms with Gasteiger partial charge >= 0.3 is 0 Å². The van der Waals surface area contributed by atoms with Crippen LogP contribution in [0.5, 0.6) is 5.75 Å². The third kappa shape index (κ3) is 2.61. The lowest BCUT2D eigenvalue weighted by atomic mass is 9.88. The van der Waals surface area contributed by atoms with E-state index in [2.05, 4.69) is 22.4 Å². The molecule has 1 aliphatic carbocycles. The summed E-state index contributed by atoms with van der Waals surface area (Å²) in [5.41, 5.74) is 9.51. The van der Waals surface area contributed by atoms with Crippen LogP contribution in [0.15, 0.2) is 24.4 Å². The lowest BCUT2D eigenvalue weighted by Gasteiger charge is -2.22. The maximum atomic E-state index is 6.10. The van der Waals surface area contributed by atoms with Gasteiger partial charge in [0.2, 0.25) is 0 Å². The molecule has 1 aromatic heterocycles. The summed E-state index contributed by atoms with van der Waals surface area (Å²) < 4.78 is 7.42. The lowest BCUT2D eigenvalue weighted by Crippen LogP contribution is -2.17. The molecular formula is C14H18N4O. The topological polar surface area (TPSA) is 66.0 Å². The number of ether oxygens (including phenoxy) is 1. The van der Waals surface area contributed by atoms with Crippen molar-refractivity contribution in [3.8, 4) is 5.75 Å². The summed E-state index contributed by atoms with van der Waals surface area (Å²) in [6.07, 6.45) is 5.17. The molecule has 1 unspecified atom stereocenters. The minimum atomic E-state index is 0.179. The van der Waals surface area contributed by atoms with E-state index in [0.717, 1.165) is 30.7 Å². The van der Waals surface area contributed by atoms with Crippen LogP contribution < -0.4 is 10.5 Å². The van der Waals surface area contributed by atoms with Gasteiger partial charge in [0.15, 0.2) is 0 Å². The van der Waals surface area contributed by atoms with Crippen molar-refractivity contribution in [1.29, 1.82) is 0 Å². The molecule has 0 bridgehead atoms. The highest BCUT2D eigenvalue weighted by atomic mass is 16.5. The van der Waals surface area contributed by atoms with Crippen molar-refractivity contribution in [1.82, 2.24) is 15.0 Å². The second-order valence-electron chi connectivity index (χ2n) is 5.03. The van der Waals surface area contributed by atoms with Crippen LogP contribution >= 0.6 is 0 Å². The predicted octanol–water partition coefficient (Wildman–Crippen LogP) is 1.73. The van der Waals surface area contributed by atoms with Crippen molar-refractivity contribution < 1.29 is 4.74 Å². The fraction of sp³-hybridized carbons (Fsp3) is 0.429. The van der Waals surface area contributed by atoms with Crippen molar-refractivity contribution in [2.75, 3.05) is 0 Å². The normalized spacial score (nSPS) is 18.1. The van der Waals surface area contributed by atoms with Crippen LogP contribution in [-0.2, 0) is 20.1 Å². The Balaban J connectivity index is 1.72. The number of benzene rings is 1. The molecule has 0 aliphatic heterocycles. The number of nitrogens with two attached hydrogens (primary N) is 1. The van der Waals surface area contributed by atoms with Crippen molar-refractivity contribution in [2.45, 2.75) is 31.9 Å². The van der Waals surface area contributed by atoms with Gasteiger partial charge in [-0.25, -0.2) is 0 Å². The number of hydrogen-bond acceptors (Lipinski definition) is 4. The Kier molecular flexibility index (Phi) is 3.21. The standard InChI is InChI=1S/C14H18N4O/c1-18-8-11(16-17-18)9-19-12-5-6-13-10(7-12)3-2-4-14(13)15/h5-8,14H,2-4,9,15H2,1H3. The first-order chi connectivity index (χ1) is 9.22. The summed E-state index contributed by atoms with van der Waals surface area (Å²) in [4.78, 5) is 0. The van der Waals surface area contributed by atoms with E-state index >= 15 is 0 Å². The van der Waals surface area contributed by atoms with Gasteiger partial charge in [-0.2, -0.15) is 0 Å². The first kappa shape index (κ1) is 12.2. The number of rotatable bonds is 3. The minimum Gasteiger partial charge on any atom is -0.487 e. The Morgan fingerprint density at radius 1 is 1.47 bits per heavy atom. The van der Waals surface area contributed by atoms with Crippen LogP contribution in [-0.4, -0.2) is 15.0 Å². The average molecular weight is 258 g/mol. The van der Waals surface area contributed by atoms with E-state index in [1.165, 1.54) is 11.1 Å². The smallest absolute Gasteiger partial charge is 0.134 e. The minimum absolute atomic E-state index is 0.179. The summed E-state index contributed by atoms with van der Waals surface area (Å²) in [7, 11) is 1.84. The third-order valence-corrected chi connectivity index (χ3v) is 3.51. The molecular weight excluding hydrogens is 240 g/mol. The molecule has 1 aliphatic rings. The lowest BCUT2D eigenvalue weighted by molar-refractivity contribution is 0.300. The summed E-state index contributed by atoms with van der Waals surface area (Å²) in [6.45, 7) is 0.443. The zero-order valence-electron chi connectivity index (χ0n) is 11.0. The summed E-state index contributed by atoms with van der Waals surface area (Å²) in [5.74, 6) is 0.874. The SMILES string of the molecule is Cn1cc(COc2ccc3c(c2)CCCC3N)nn1. The number of aromatic nitrogens is 3. The average Bonchev–Trinajstić information content (AvgIpc) is 2.82. The molecule has 1 heterocycles. The molecule has 0 radical (unpaired) electrons. The van der Waals surface area contributed by atoms with Crippen molar-refractivity contribution in [2.24, 2.45) is 12.8 Å². The molecule has 19 heavy (non-hydrogen) atoms. The molecule has 0 fully saturated rings. The van der Waals surface area contributed by atoms with Crippen LogP contribution in [0.1, 0.15) is 35.7 Å². The molecule has 1 aromatic carbocycles. The number of nitrogens with zero attached hydrogens (tertiary/aromatic N) is 3. The number of aryl methyl sites for hydroxylation is 2. The van der Waals surface area contributed by atoms with Crippen molar-refractivity contribution in [3.63, 3.8) is 0 Å². The maximum absolute atomic E-state index is 6.10. The highest BCUT2D eigenvalue weighted by Gasteiger charge is 2.17. The summed E-state index contributed by atoms with van der Waals surface area (Å²) in [5, 5.41) is 7.88. The van der Waals surface area contributed by atoms with E-state index in [1.54, 1.807) is 4.68 Å². The maximum Gasteiger partial charge on any atom is 0.134 e. The Hall–Kier alpha value is -1.88. The molecule has 0 spiro atoms. The summed E-state index contributed by atoms with van der Waals surface area (Å²) in [6, 6.07) is 6.36. The van der Waals surface area contributed by atoms with Crippen LogP contribution in [0, 0.1) is 0 Å². The molecule has 0 amide bonds. The largest absolute Gasteiger partial charge is 0.487 e. The Labute approximate surface area is 112 Å².